The van der Waals surface area contributed by atoms with Gasteiger partial charge in [-0.25, -0.2) is 4.98 Å². The van der Waals surface area contributed by atoms with E-state index in [1.807, 2.05) is 6.92 Å². The van der Waals surface area contributed by atoms with Crippen molar-refractivity contribution in [2.45, 2.75) is 25.9 Å². The summed E-state index contributed by atoms with van der Waals surface area (Å²) in [4.78, 5) is 3.94. The Morgan fingerprint density at radius 3 is 2.94 bits per heavy atom. The second-order valence-corrected chi connectivity index (χ2v) is 4.40. The van der Waals surface area contributed by atoms with Crippen LogP contribution in [0.4, 0.5) is 5.82 Å². The van der Waals surface area contributed by atoms with Crippen LogP contribution in [0.15, 0.2) is 12.3 Å². The third-order valence-electron chi connectivity index (χ3n) is 2.50. The molecular weight excluding hydrogens is 226 g/mol. The number of nitrogen functional groups attached to an aromatic ring is 1. The fourth-order valence-electron chi connectivity index (χ4n) is 1.52. The Balaban J connectivity index is 2.83. The van der Waals surface area contributed by atoms with Crippen LogP contribution >= 0.6 is 11.6 Å². The number of halogens is 1. The smallest absolute Gasteiger partial charge is 0.129 e. The van der Waals surface area contributed by atoms with Crippen LogP contribution in [0, 0.1) is 0 Å². The van der Waals surface area contributed by atoms with Crippen molar-refractivity contribution in [1.29, 1.82) is 0 Å². The van der Waals surface area contributed by atoms with Gasteiger partial charge >= 0.3 is 0 Å². The zero-order valence-corrected chi connectivity index (χ0v) is 10.4. The maximum atomic E-state index is 10.3. The Hall–Kier alpha value is -0.840. The number of nitrogens with one attached hydrogen (secondary N) is 1. The van der Waals surface area contributed by atoms with Gasteiger partial charge in [0.05, 0.1) is 10.6 Å². The Kier molecular flexibility index (Phi) is 4.53. The summed E-state index contributed by atoms with van der Waals surface area (Å²) < 4.78 is 0. The Morgan fingerprint density at radius 2 is 2.31 bits per heavy atom. The van der Waals surface area contributed by atoms with Crippen LogP contribution in [0.5, 0.6) is 0 Å². The highest BCUT2D eigenvalue weighted by Crippen LogP contribution is 2.29. The lowest BCUT2D eigenvalue weighted by atomic mass is 9.93. The number of pyridine rings is 1. The second kappa shape index (κ2) is 5.48. The van der Waals surface area contributed by atoms with E-state index in [0.29, 0.717) is 22.8 Å². The standard InChI is InChI=1S/C11H18ClN3O/c1-3-14-5-4-11(2,16)9-6-8(12)7-15-10(9)13/h6-7,14,16H,3-5H2,1-2H3,(H2,13,15). The highest BCUT2D eigenvalue weighted by molar-refractivity contribution is 6.30. The van der Waals surface area contributed by atoms with Gasteiger partial charge in [-0.1, -0.05) is 18.5 Å². The molecule has 5 heteroatoms. The SMILES string of the molecule is CCNCCC(C)(O)c1cc(Cl)cnc1N. The molecule has 1 aromatic rings. The third kappa shape index (κ3) is 3.33. The van der Waals surface area contributed by atoms with Crippen molar-refractivity contribution in [3.63, 3.8) is 0 Å². The number of aliphatic hydroxyl groups is 1. The average molecular weight is 244 g/mol. The first-order valence-corrected chi connectivity index (χ1v) is 5.69. The molecule has 1 heterocycles. The molecule has 4 N–H and O–H groups in total. The minimum atomic E-state index is -1.01. The predicted octanol–water partition coefficient (Wildman–Crippen LogP) is 1.52. The molecular formula is C11H18ClN3O. The van der Waals surface area contributed by atoms with E-state index in [0.717, 1.165) is 13.1 Å². The van der Waals surface area contributed by atoms with Gasteiger partial charge in [-0.05, 0) is 32.5 Å². The maximum Gasteiger partial charge on any atom is 0.129 e. The molecule has 1 atom stereocenters. The van der Waals surface area contributed by atoms with E-state index in [9.17, 15) is 5.11 Å². The molecule has 1 rings (SSSR count). The van der Waals surface area contributed by atoms with Crippen LogP contribution in [-0.4, -0.2) is 23.2 Å². The van der Waals surface area contributed by atoms with E-state index in [-0.39, 0.29) is 0 Å². The first-order valence-electron chi connectivity index (χ1n) is 5.32. The first-order chi connectivity index (χ1) is 7.47. The molecule has 0 saturated carbocycles. The van der Waals surface area contributed by atoms with Gasteiger partial charge in [0.2, 0.25) is 0 Å². The Morgan fingerprint density at radius 1 is 1.62 bits per heavy atom. The van der Waals surface area contributed by atoms with Gasteiger partial charge in [0.1, 0.15) is 5.82 Å². The number of nitrogens with two attached hydrogens (primary N) is 1. The zero-order valence-electron chi connectivity index (χ0n) is 9.63. The number of aromatic nitrogens is 1. The molecule has 0 aliphatic rings. The highest BCUT2D eigenvalue weighted by atomic mass is 35.5. The molecule has 16 heavy (non-hydrogen) atoms. The first kappa shape index (κ1) is 13.2. The van der Waals surface area contributed by atoms with Crippen molar-refractivity contribution in [3.05, 3.63) is 22.8 Å². The number of nitrogens with zero attached hydrogens (tertiary/aromatic N) is 1. The summed E-state index contributed by atoms with van der Waals surface area (Å²) >= 11 is 5.84. The van der Waals surface area contributed by atoms with Crippen LogP contribution in [0.2, 0.25) is 5.02 Å². The van der Waals surface area contributed by atoms with Crippen LogP contribution < -0.4 is 11.1 Å². The minimum absolute atomic E-state index is 0.325. The molecule has 4 nitrogen and oxygen atoms in total. The maximum absolute atomic E-state index is 10.3. The summed E-state index contributed by atoms with van der Waals surface area (Å²) in [5.41, 5.74) is 5.30. The fraction of sp³-hybridized carbons (Fsp3) is 0.545. The van der Waals surface area contributed by atoms with E-state index in [1.54, 1.807) is 13.0 Å². The molecule has 90 valence electrons. The van der Waals surface area contributed by atoms with Crippen molar-refractivity contribution < 1.29 is 5.11 Å². The van der Waals surface area contributed by atoms with Crippen LogP contribution in [-0.2, 0) is 5.60 Å². The van der Waals surface area contributed by atoms with E-state index < -0.39 is 5.60 Å². The third-order valence-corrected chi connectivity index (χ3v) is 2.71. The van der Waals surface area contributed by atoms with Gasteiger partial charge in [0.15, 0.2) is 0 Å². The van der Waals surface area contributed by atoms with E-state index >= 15 is 0 Å². The molecule has 0 radical (unpaired) electrons. The van der Waals surface area contributed by atoms with Crippen molar-refractivity contribution in [2.24, 2.45) is 0 Å². The van der Waals surface area contributed by atoms with Crippen LogP contribution in [0.3, 0.4) is 0 Å². The molecule has 0 bridgehead atoms. The summed E-state index contributed by atoms with van der Waals surface area (Å²) in [6.45, 7) is 5.33. The average Bonchev–Trinajstić information content (AvgIpc) is 2.22. The van der Waals surface area contributed by atoms with Gasteiger partial charge in [-0.3, -0.25) is 0 Å². The molecule has 0 amide bonds. The molecule has 0 spiro atoms. The normalized spacial score (nSPS) is 14.8. The quantitative estimate of drug-likeness (QED) is 0.686. The number of hydrogen-bond acceptors (Lipinski definition) is 4. The summed E-state index contributed by atoms with van der Waals surface area (Å²) in [5, 5.41) is 13.9. The minimum Gasteiger partial charge on any atom is -0.385 e. The molecule has 0 saturated heterocycles. The number of hydrogen-bond donors (Lipinski definition) is 3. The topological polar surface area (TPSA) is 71.2 Å². The van der Waals surface area contributed by atoms with E-state index in [4.69, 9.17) is 17.3 Å². The van der Waals surface area contributed by atoms with Gasteiger partial charge in [0.25, 0.3) is 0 Å². The lowest BCUT2D eigenvalue weighted by Gasteiger charge is -2.25. The largest absolute Gasteiger partial charge is 0.385 e. The summed E-state index contributed by atoms with van der Waals surface area (Å²) in [6, 6.07) is 1.66. The van der Waals surface area contributed by atoms with E-state index in [1.165, 1.54) is 6.20 Å². The van der Waals surface area contributed by atoms with Crippen molar-refractivity contribution in [1.82, 2.24) is 10.3 Å². The molecule has 0 aromatic carbocycles. The lowest BCUT2D eigenvalue weighted by molar-refractivity contribution is 0.0487. The molecule has 1 aromatic heterocycles. The fourth-order valence-corrected chi connectivity index (χ4v) is 1.68. The predicted molar refractivity (Wildman–Crippen MR) is 66.4 cm³/mol. The van der Waals surface area contributed by atoms with Gasteiger partial charge in [0, 0.05) is 11.8 Å². The Labute approximate surface area is 101 Å². The monoisotopic (exact) mass is 243 g/mol. The number of anilines is 1. The number of rotatable bonds is 5. The second-order valence-electron chi connectivity index (χ2n) is 3.96. The van der Waals surface area contributed by atoms with Crippen molar-refractivity contribution in [3.8, 4) is 0 Å². The van der Waals surface area contributed by atoms with Gasteiger partial charge in [-0.2, -0.15) is 0 Å². The van der Waals surface area contributed by atoms with Crippen LogP contribution in [0.1, 0.15) is 25.8 Å². The highest BCUT2D eigenvalue weighted by Gasteiger charge is 2.25. The molecule has 1 unspecified atom stereocenters. The Bertz CT molecular complexity index is 355. The lowest BCUT2D eigenvalue weighted by Crippen LogP contribution is -2.29. The molecule has 0 aliphatic heterocycles. The van der Waals surface area contributed by atoms with Crippen LogP contribution in [0.25, 0.3) is 0 Å². The van der Waals surface area contributed by atoms with E-state index in [2.05, 4.69) is 10.3 Å². The van der Waals surface area contributed by atoms with Gasteiger partial charge in [-0.15, -0.1) is 0 Å². The summed E-state index contributed by atoms with van der Waals surface area (Å²) in [6.07, 6.45) is 2.04. The molecule has 0 fully saturated rings. The van der Waals surface area contributed by atoms with Crippen molar-refractivity contribution in [2.75, 3.05) is 18.8 Å². The molecule has 0 aliphatic carbocycles. The van der Waals surface area contributed by atoms with Gasteiger partial charge < -0.3 is 16.2 Å². The summed E-state index contributed by atoms with van der Waals surface area (Å²) in [7, 11) is 0. The summed E-state index contributed by atoms with van der Waals surface area (Å²) in [5.74, 6) is 0.325. The van der Waals surface area contributed by atoms with Crippen molar-refractivity contribution >= 4 is 17.4 Å². The zero-order chi connectivity index (χ0) is 12.2.